The van der Waals surface area contributed by atoms with E-state index >= 15 is 0 Å². The number of amides is 2. The molecule has 0 fully saturated rings. The Morgan fingerprint density at radius 1 is 1.21 bits per heavy atom. The first-order valence-electron chi connectivity index (χ1n) is 7.03. The molecule has 0 spiro atoms. The minimum atomic E-state index is -0.982. The Morgan fingerprint density at radius 3 is 2.54 bits per heavy atom. The molecule has 0 radical (unpaired) electrons. The Morgan fingerprint density at radius 2 is 1.92 bits per heavy atom. The lowest BCUT2D eigenvalue weighted by Crippen LogP contribution is -2.34. The normalized spacial score (nSPS) is 13.6. The number of benzene rings is 1. The molecule has 0 aliphatic carbocycles. The third-order valence-electron chi connectivity index (χ3n) is 3.09. The Bertz CT molecular complexity index is 717. The molecule has 0 atom stereocenters. The molecule has 0 saturated carbocycles. The van der Waals surface area contributed by atoms with Crippen LogP contribution >= 0.6 is 0 Å². The van der Waals surface area contributed by atoms with Crippen LogP contribution in [0.1, 0.15) is 6.42 Å². The third-order valence-corrected chi connectivity index (χ3v) is 3.09. The van der Waals surface area contributed by atoms with E-state index in [0.717, 1.165) is 11.0 Å². The van der Waals surface area contributed by atoms with Crippen molar-refractivity contribution in [3.8, 4) is 5.75 Å². The Hall–Kier alpha value is -3.18. The van der Waals surface area contributed by atoms with E-state index in [2.05, 4.69) is 4.85 Å². The summed E-state index contributed by atoms with van der Waals surface area (Å²) in [5.41, 5.74) is 0.435. The number of imide groups is 1. The van der Waals surface area contributed by atoms with Gasteiger partial charge in [-0.2, -0.15) is 0 Å². The number of hydrogen-bond acceptors (Lipinski definition) is 5. The number of carbonyl (C=O) groups excluding carboxylic acids is 2. The first kappa shape index (κ1) is 17.2. The summed E-state index contributed by atoms with van der Waals surface area (Å²) in [4.78, 5) is 38.5. The van der Waals surface area contributed by atoms with Crippen molar-refractivity contribution in [1.82, 2.24) is 4.90 Å². The maximum Gasteiger partial charge on any atom is 0.305 e. The van der Waals surface area contributed by atoms with E-state index in [0.29, 0.717) is 11.4 Å². The van der Waals surface area contributed by atoms with Crippen LogP contribution in [0.15, 0.2) is 36.1 Å². The number of carboxylic acids is 1. The summed E-state index contributed by atoms with van der Waals surface area (Å²) in [5, 5.41) is 8.48. The van der Waals surface area contributed by atoms with Gasteiger partial charge in [-0.3, -0.25) is 19.3 Å². The van der Waals surface area contributed by atoms with Gasteiger partial charge in [0.25, 0.3) is 11.8 Å². The Balaban J connectivity index is 1.86. The zero-order valence-corrected chi connectivity index (χ0v) is 12.6. The predicted octanol–water partition coefficient (Wildman–Crippen LogP) is 1.36. The summed E-state index contributed by atoms with van der Waals surface area (Å²) >= 11 is 0. The molecule has 1 aliphatic heterocycles. The van der Waals surface area contributed by atoms with E-state index in [1.165, 1.54) is 24.3 Å². The summed E-state index contributed by atoms with van der Waals surface area (Å²) in [5.74, 6) is -1.86. The average Bonchev–Trinajstić information content (AvgIpc) is 2.82. The van der Waals surface area contributed by atoms with Gasteiger partial charge >= 0.3 is 5.97 Å². The van der Waals surface area contributed by atoms with Gasteiger partial charge in [-0.15, -0.1) is 0 Å². The summed E-state index contributed by atoms with van der Waals surface area (Å²) < 4.78 is 10.4. The third kappa shape index (κ3) is 4.41. The minimum Gasteiger partial charge on any atom is -0.481 e. The predicted molar refractivity (Wildman–Crippen MR) is 81.2 cm³/mol. The number of rotatable bonds is 8. The van der Waals surface area contributed by atoms with Gasteiger partial charge in [-0.05, 0) is 12.1 Å². The number of carbonyl (C=O) groups is 3. The molecule has 1 aromatic carbocycles. The van der Waals surface area contributed by atoms with Crippen LogP contribution in [-0.4, -0.2) is 47.5 Å². The second-order valence-electron chi connectivity index (χ2n) is 4.77. The van der Waals surface area contributed by atoms with Crippen molar-refractivity contribution in [2.24, 2.45) is 0 Å². The lowest BCUT2D eigenvalue weighted by atomic mass is 10.3. The van der Waals surface area contributed by atoms with Crippen LogP contribution in [0, 0.1) is 6.57 Å². The topological polar surface area (TPSA) is 97.5 Å². The zero-order chi connectivity index (χ0) is 17.5. The number of carboxylic acid groups (broad SMARTS) is 1. The molecule has 1 N–H and O–H groups in total. The molecule has 0 aromatic heterocycles. The molecule has 1 heterocycles. The average molecular weight is 330 g/mol. The Kier molecular flexibility index (Phi) is 5.65. The second kappa shape index (κ2) is 7.89. The molecule has 0 saturated heterocycles. The number of ether oxygens (including phenoxy) is 2. The van der Waals surface area contributed by atoms with Crippen LogP contribution in [-0.2, 0) is 19.1 Å². The molecule has 1 aliphatic rings. The molecule has 24 heavy (non-hydrogen) atoms. The fraction of sp³-hybridized carbons (Fsp3) is 0.250. The summed E-state index contributed by atoms with van der Waals surface area (Å²) in [6.45, 7) is 6.93. The lowest BCUT2D eigenvalue weighted by molar-refractivity contribution is -0.141. The van der Waals surface area contributed by atoms with E-state index < -0.39 is 17.8 Å². The molecule has 2 rings (SSSR count). The van der Waals surface area contributed by atoms with Crippen molar-refractivity contribution in [3.05, 3.63) is 47.5 Å². The lowest BCUT2D eigenvalue weighted by Gasteiger charge is -2.14. The van der Waals surface area contributed by atoms with Crippen molar-refractivity contribution in [2.75, 3.05) is 19.8 Å². The highest BCUT2D eigenvalue weighted by Crippen LogP contribution is 2.22. The van der Waals surface area contributed by atoms with E-state index in [1.807, 2.05) is 0 Å². The van der Waals surface area contributed by atoms with Gasteiger partial charge in [-0.25, -0.2) is 4.85 Å². The minimum absolute atomic E-state index is 0.00966. The van der Waals surface area contributed by atoms with Gasteiger partial charge in [0.15, 0.2) is 11.4 Å². The maximum atomic E-state index is 12.1. The molecule has 1 aromatic rings. The van der Waals surface area contributed by atoms with Crippen molar-refractivity contribution in [1.29, 1.82) is 0 Å². The molecule has 0 bridgehead atoms. The largest absolute Gasteiger partial charge is 0.481 e. The van der Waals surface area contributed by atoms with Crippen molar-refractivity contribution >= 4 is 23.5 Å². The van der Waals surface area contributed by atoms with Crippen LogP contribution in [0.3, 0.4) is 0 Å². The highest BCUT2D eigenvalue weighted by molar-refractivity contribution is 6.15. The number of aliphatic carboxylic acids is 1. The van der Waals surface area contributed by atoms with E-state index in [4.69, 9.17) is 21.2 Å². The van der Waals surface area contributed by atoms with Gasteiger partial charge in [0.05, 0.1) is 38.8 Å². The first-order chi connectivity index (χ1) is 11.5. The molecule has 8 heteroatoms. The van der Waals surface area contributed by atoms with Gasteiger partial charge in [0.1, 0.15) is 5.75 Å². The second-order valence-corrected chi connectivity index (χ2v) is 4.77. The molecule has 8 nitrogen and oxygen atoms in total. The SMILES string of the molecule is [C-]#[N+]c1ccc(OC2=CC(=O)N(CCOCCC(=O)O)C2=O)cc1. The highest BCUT2D eigenvalue weighted by Gasteiger charge is 2.32. The van der Waals surface area contributed by atoms with E-state index in [1.54, 1.807) is 0 Å². The summed E-state index contributed by atoms with van der Waals surface area (Å²) in [7, 11) is 0. The first-order valence-corrected chi connectivity index (χ1v) is 7.03. The van der Waals surface area contributed by atoms with Gasteiger partial charge in [-0.1, -0.05) is 12.1 Å². The fourth-order valence-electron chi connectivity index (χ4n) is 1.90. The number of hydrogen-bond donors (Lipinski definition) is 1. The van der Waals surface area contributed by atoms with Gasteiger partial charge in [0, 0.05) is 0 Å². The van der Waals surface area contributed by atoms with Crippen LogP contribution in [0.2, 0.25) is 0 Å². The van der Waals surface area contributed by atoms with Gasteiger partial charge in [0.2, 0.25) is 0 Å². The quantitative estimate of drug-likeness (QED) is 0.439. The summed E-state index contributed by atoms with van der Waals surface area (Å²) in [6.07, 6.45) is 0.942. The van der Waals surface area contributed by atoms with Crippen LogP contribution in [0.4, 0.5) is 5.69 Å². The number of nitrogens with zero attached hydrogens (tertiary/aromatic N) is 2. The monoisotopic (exact) mass is 330 g/mol. The maximum absolute atomic E-state index is 12.1. The van der Waals surface area contributed by atoms with Crippen molar-refractivity contribution in [2.45, 2.75) is 6.42 Å². The van der Waals surface area contributed by atoms with E-state index in [9.17, 15) is 14.4 Å². The smallest absolute Gasteiger partial charge is 0.305 e. The highest BCUT2D eigenvalue weighted by atomic mass is 16.5. The van der Waals surface area contributed by atoms with Crippen LogP contribution < -0.4 is 4.74 Å². The van der Waals surface area contributed by atoms with E-state index in [-0.39, 0.29) is 31.9 Å². The Labute approximate surface area is 137 Å². The molecular formula is C16H14N2O6. The molecular weight excluding hydrogens is 316 g/mol. The fourth-order valence-corrected chi connectivity index (χ4v) is 1.90. The van der Waals surface area contributed by atoms with Crippen molar-refractivity contribution < 1.29 is 29.0 Å². The molecule has 0 unspecified atom stereocenters. The molecule has 2 amide bonds. The van der Waals surface area contributed by atoms with Crippen LogP contribution in [0.5, 0.6) is 5.75 Å². The van der Waals surface area contributed by atoms with Crippen LogP contribution in [0.25, 0.3) is 4.85 Å². The standard InChI is InChI=1S/C16H14N2O6/c1-17-11-2-4-12(5-3-11)24-13-10-14(19)18(16(13)22)7-9-23-8-6-15(20)21/h2-5,10H,6-9H2,(H,20,21). The van der Waals surface area contributed by atoms with Gasteiger partial charge < -0.3 is 14.6 Å². The molecule has 124 valence electrons. The summed E-state index contributed by atoms with van der Waals surface area (Å²) in [6, 6.07) is 6.14. The van der Waals surface area contributed by atoms with Crippen molar-refractivity contribution in [3.63, 3.8) is 0 Å². The zero-order valence-electron chi connectivity index (χ0n) is 12.6.